The fraction of sp³-hybridized carbons (Fsp3) is 1.00. The molecule has 1 rings (SSSR count). The molecule has 1 saturated heterocycles. The standard InChI is InChI=1S/C7H15AsO4/c1-8(2,11)3-6-7(10)5(9)4-12-6/h5-7,9-10H,3-4H2,1-2H3/t5-,6+,7-/m0/s1. The molecule has 0 bridgehead atoms. The van der Waals surface area contributed by atoms with Gasteiger partial charge in [0.05, 0.1) is 0 Å². The van der Waals surface area contributed by atoms with Crippen LogP contribution in [0.3, 0.4) is 0 Å². The van der Waals surface area contributed by atoms with Gasteiger partial charge in [-0.3, -0.25) is 0 Å². The van der Waals surface area contributed by atoms with Crippen molar-refractivity contribution in [2.45, 2.75) is 34.9 Å². The summed E-state index contributed by atoms with van der Waals surface area (Å²) in [5.74, 6) is 0. The Morgan fingerprint density at radius 1 is 1.50 bits per heavy atom. The molecule has 0 aromatic carbocycles. The Labute approximate surface area is 74.2 Å². The van der Waals surface area contributed by atoms with Gasteiger partial charge in [0.1, 0.15) is 0 Å². The number of ether oxygens (including phenoxy) is 1. The van der Waals surface area contributed by atoms with Crippen LogP contribution in [0.4, 0.5) is 0 Å². The van der Waals surface area contributed by atoms with Gasteiger partial charge < -0.3 is 0 Å². The fourth-order valence-corrected chi connectivity index (χ4v) is 3.75. The van der Waals surface area contributed by atoms with Crippen LogP contribution >= 0.6 is 0 Å². The molecule has 1 fully saturated rings. The molecule has 12 heavy (non-hydrogen) atoms. The molecule has 0 radical (unpaired) electrons. The number of hydrogen-bond donors (Lipinski definition) is 2. The molecule has 1 aliphatic heterocycles. The van der Waals surface area contributed by atoms with Crippen molar-refractivity contribution in [1.82, 2.24) is 0 Å². The van der Waals surface area contributed by atoms with Crippen LogP contribution in [0.1, 0.15) is 0 Å². The molecule has 1 aliphatic rings. The molecular weight excluding hydrogens is 223 g/mol. The zero-order valence-electron chi connectivity index (χ0n) is 7.30. The van der Waals surface area contributed by atoms with Gasteiger partial charge in [-0.05, 0) is 0 Å². The van der Waals surface area contributed by atoms with Gasteiger partial charge in [0.15, 0.2) is 0 Å². The number of aliphatic hydroxyl groups excluding tert-OH is 2. The quantitative estimate of drug-likeness (QED) is 0.650. The summed E-state index contributed by atoms with van der Waals surface area (Å²) in [7, 11) is 0. The monoisotopic (exact) mass is 238 g/mol. The number of rotatable bonds is 2. The summed E-state index contributed by atoms with van der Waals surface area (Å²) >= 11 is -2.75. The normalized spacial score (nSPS) is 37.2. The van der Waals surface area contributed by atoms with Crippen molar-refractivity contribution in [3.8, 4) is 0 Å². The Bertz CT molecular complexity index is 200. The van der Waals surface area contributed by atoms with E-state index in [9.17, 15) is 8.85 Å². The number of hydrogen-bond acceptors (Lipinski definition) is 4. The summed E-state index contributed by atoms with van der Waals surface area (Å²) in [5.41, 5.74) is 3.41. The maximum absolute atomic E-state index is 11.4. The summed E-state index contributed by atoms with van der Waals surface area (Å²) in [5, 5.41) is 18.8. The molecule has 0 amide bonds. The Morgan fingerprint density at radius 3 is 2.42 bits per heavy atom. The van der Waals surface area contributed by atoms with Crippen molar-refractivity contribution in [1.29, 1.82) is 0 Å². The van der Waals surface area contributed by atoms with E-state index in [0.717, 1.165) is 0 Å². The molecule has 0 aliphatic carbocycles. The zero-order valence-corrected chi connectivity index (χ0v) is 9.18. The van der Waals surface area contributed by atoms with Gasteiger partial charge in [0.25, 0.3) is 0 Å². The minimum atomic E-state index is -2.75. The van der Waals surface area contributed by atoms with E-state index < -0.39 is 31.8 Å². The first-order valence-corrected chi connectivity index (χ1v) is 9.76. The first-order chi connectivity index (χ1) is 5.40. The Hall–Kier alpha value is 0.238. The molecule has 5 heteroatoms. The second-order valence-electron chi connectivity index (χ2n) is 3.69. The third-order valence-electron chi connectivity index (χ3n) is 1.88. The van der Waals surface area contributed by atoms with E-state index >= 15 is 0 Å². The molecule has 72 valence electrons. The molecule has 3 atom stereocenters. The molecule has 1 heterocycles. The summed E-state index contributed by atoms with van der Waals surface area (Å²) in [6.07, 6.45) is -2.10. The van der Waals surface area contributed by atoms with Gasteiger partial charge >= 0.3 is 73.7 Å². The van der Waals surface area contributed by atoms with E-state index in [2.05, 4.69) is 0 Å². The van der Waals surface area contributed by atoms with Crippen LogP contribution in [0.15, 0.2) is 0 Å². The van der Waals surface area contributed by atoms with Crippen molar-refractivity contribution in [3.63, 3.8) is 0 Å². The molecule has 0 saturated carbocycles. The SMILES string of the molecule is C[As](C)(=O)C[C@H]1OC[C@H](O)[C@@H]1O. The second-order valence-corrected chi connectivity index (χ2v) is 11.1. The maximum atomic E-state index is 11.4. The van der Waals surface area contributed by atoms with Gasteiger partial charge in [-0.2, -0.15) is 0 Å². The molecule has 0 spiro atoms. The third kappa shape index (κ3) is 2.63. The molecule has 0 unspecified atom stereocenters. The second kappa shape index (κ2) is 3.54. The van der Waals surface area contributed by atoms with Crippen LogP contribution in [-0.4, -0.2) is 48.6 Å². The van der Waals surface area contributed by atoms with Gasteiger partial charge in [-0.25, -0.2) is 0 Å². The van der Waals surface area contributed by atoms with Crippen molar-refractivity contribution >= 4 is 13.5 Å². The van der Waals surface area contributed by atoms with E-state index in [1.54, 1.807) is 11.4 Å². The average molecular weight is 238 g/mol. The Morgan fingerprint density at radius 2 is 2.08 bits per heavy atom. The van der Waals surface area contributed by atoms with Gasteiger partial charge in [-0.1, -0.05) is 0 Å². The van der Waals surface area contributed by atoms with Crippen LogP contribution in [0.25, 0.3) is 0 Å². The van der Waals surface area contributed by atoms with Gasteiger partial charge in [0.2, 0.25) is 0 Å². The predicted molar refractivity (Wildman–Crippen MR) is 44.7 cm³/mol. The van der Waals surface area contributed by atoms with Crippen LogP contribution in [0, 0.1) is 0 Å². The topological polar surface area (TPSA) is 66.8 Å². The summed E-state index contributed by atoms with van der Waals surface area (Å²) < 4.78 is 16.5. The molecule has 0 aromatic heterocycles. The Balaban J connectivity index is 2.50. The molecule has 2 N–H and O–H groups in total. The van der Waals surface area contributed by atoms with Crippen LogP contribution in [0.5, 0.6) is 0 Å². The Kier molecular flexibility index (Phi) is 3.05. The van der Waals surface area contributed by atoms with E-state index in [4.69, 9.17) is 9.84 Å². The molecular formula is C7H15AsO4. The number of aliphatic hydroxyl groups is 2. The van der Waals surface area contributed by atoms with Crippen molar-refractivity contribution < 1.29 is 18.7 Å². The van der Waals surface area contributed by atoms with Crippen molar-refractivity contribution in [2.24, 2.45) is 0 Å². The van der Waals surface area contributed by atoms with E-state index in [0.29, 0.717) is 5.21 Å². The predicted octanol–water partition coefficient (Wildman–Crippen LogP) is -0.257. The van der Waals surface area contributed by atoms with Crippen LogP contribution < -0.4 is 0 Å². The fourth-order valence-electron chi connectivity index (χ4n) is 1.26. The van der Waals surface area contributed by atoms with Gasteiger partial charge in [-0.15, -0.1) is 0 Å². The van der Waals surface area contributed by atoms with E-state index in [1.165, 1.54) is 0 Å². The molecule has 0 aromatic rings. The average Bonchev–Trinajstić information content (AvgIpc) is 2.16. The van der Waals surface area contributed by atoms with Crippen LogP contribution in [-0.2, 0) is 8.48 Å². The summed E-state index contributed by atoms with van der Waals surface area (Å²) in [6, 6.07) is 0. The summed E-state index contributed by atoms with van der Waals surface area (Å²) in [6.45, 7) is 0.154. The molecule has 4 nitrogen and oxygen atoms in total. The minimum absolute atomic E-state index is 0.154. The first kappa shape index (κ1) is 10.3. The summed E-state index contributed by atoms with van der Waals surface area (Å²) in [4.78, 5) is 0. The first-order valence-electron chi connectivity index (χ1n) is 3.92. The zero-order chi connectivity index (χ0) is 9.35. The van der Waals surface area contributed by atoms with Gasteiger partial charge in [0, 0.05) is 0 Å². The van der Waals surface area contributed by atoms with E-state index in [1.807, 2.05) is 0 Å². The van der Waals surface area contributed by atoms with Crippen molar-refractivity contribution in [2.75, 3.05) is 6.61 Å². The third-order valence-corrected chi connectivity index (χ3v) is 4.48. The van der Waals surface area contributed by atoms with Crippen molar-refractivity contribution in [3.05, 3.63) is 0 Å². The van der Waals surface area contributed by atoms with E-state index in [-0.39, 0.29) is 6.61 Å². The van der Waals surface area contributed by atoms with Crippen LogP contribution in [0.2, 0.25) is 16.6 Å².